The number of imidazole rings is 1. The molecule has 2 heterocycles. The highest BCUT2D eigenvalue weighted by molar-refractivity contribution is 5.92. The van der Waals surface area contributed by atoms with Gasteiger partial charge in [-0.2, -0.15) is 0 Å². The van der Waals surface area contributed by atoms with Gasteiger partial charge in [0, 0.05) is 12.7 Å². The van der Waals surface area contributed by atoms with Crippen molar-refractivity contribution in [1.82, 2.24) is 14.5 Å². The highest BCUT2D eigenvalue weighted by Crippen LogP contribution is 2.10. The number of hydrogen-bond donors (Lipinski definition) is 1. The third kappa shape index (κ3) is 1.93. The van der Waals surface area contributed by atoms with E-state index < -0.39 is 5.97 Å². The molecule has 6 heteroatoms. The minimum Gasteiger partial charge on any atom is -0.465 e. The summed E-state index contributed by atoms with van der Waals surface area (Å²) in [5.74, 6) is -0.469. The van der Waals surface area contributed by atoms with Crippen LogP contribution >= 0.6 is 0 Å². The third-order valence-corrected chi connectivity index (χ3v) is 2.48. The van der Waals surface area contributed by atoms with Crippen LogP contribution in [-0.4, -0.2) is 27.6 Å². The zero-order valence-electron chi connectivity index (χ0n) is 9.69. The quantitative estimate of drug-likeness (QED) is 0.802. The molecule has 0 aromatic carbocycles. The highest BCUT2D eigenvalue weighted by atomic mass is 16.5. The van der Waals surface area contributed by atoms with Gasteiger partial charge >= 0.3 is 11.7 Å². The normalized spacial score (nSPS) is 10.7. The lowest BCUT2D eigenvalue weighted by atomic mass is 10.3. The minimum atomic E-state index is -0.469. The van der Waals surface area contributed by atoms with Gasteiger partial charge in [-0.15, -0.1) is 0 Å². The molecule has 17 heavy (non-hydrogen) atoms. The molecule has 90 valence electrons. The van der Waals surface area contributed by atoms with Gasteiger partial charge in [-0.1, -0.05) is 6.92 Å². The van der Waals surface area contributed by atoms with Crippen LogP contribution in [0.15, 0.2) is 17.1 Å². The maximum absolute atomic E-state index is 11.6. The Morgan fingerprint density at radius 3 is 3.00 bits per heavy atom. The molecular formula is C11H13N3O3. The van der Waals surface area contributed by atoms with Crippen LogP contribution in [0.2, 0.25) is 0 Å². The molecule has 6 nitrogen and oxygen atoms in total. The van der Waals surface area contributed by atoms with Crippen molar-refractivity contribution < 1.29 is 9.53 Å². The van der Waals surface area contributed by atoms with Gasteiger partial charge in [0.15, 0.2) is 5.65 Å². The zero-order chi connectivity index (χ0) is 12.4. The Labute approximate surface area is 97.2 Å². The van der Waals surface area contributed by atoms with Gasteiger partial charge in [0.2, 0.25) is 0 Å². The number of H-pyrrole nitrogens is 1. The van der Waals surface area contributed by atoms with Crippen LogP contribution < -0.4 is 5.69 Å². The van der Waals surface area contributed by atoms with Crippen LogP contribution in [0.1, 0.15) is 23.7 Å². The molecule has 2 rings (SSSR count). The van der Waals surface area contributed by atoms with Gasteiger partial charge in [-0.05, 0) is 12.5 Å². The number of methoxy groups -OCH3 is 1. The van der Waals surface area contributed by atoms with E-state index in [1.54, 1.807) is 10.6 Å². The van der Waals surface area contributed by atoms with Crippen LogP contribution in [0, 0.1) is 0 Å². The summed E-state index contributed by atoms with van der Waals surface area (Å²) in [5.41, 5.74) is 1.22. The van der Waals surface area contributed by atoms with Crippen molar-refractivity contribution in [3.05, 3.63) is 28.3 Å². The third-order valence-electron chi connectivity index (χ3n) is 2.48. The van der Waals surface area contributed by atoms with Crippen molar-refractivity contribution in [3.8, 4) is 0 Å². The lowest BCUT2D eigenvalue weighted by Gasteiger charge is -2.00. The van der Waals surface area contributed by atoms with Crippen molar-refractivity contribution in [3.63, 3.8) is 0 Å². The Morgan fingerprint density at radius 2 is 2.35 bits per heavy atom. The number of nitrogens with one attached hydrogen (secondary N) is 1. The molecule has 2 aromatic heterocycles. The maximum Gasteiger partial charge on any atom is 0.339 e. The minimum absolute atomic E-state index is 0.212. The topological polar surface area (TPSA) is 77.0 Å². The average molecular weight is 235 g/mol. The summed E-state index contributed by atoms with van der Waals surface area (Å²) < 4.78 is 6.14. The summed E-state index contributed by atoms with van der Waals surface area (Å²) in [4.78, 5) is 29.7. The molecule has 0 spiro atoms. The summed E-state index contributed by atoms with van der Waals surface area (Å²) in [6.45, 7) is 2.58. The first-order valence-corrected chi connectivity index (χ1v) is 5.34. The lowest BCUT2D eigenvalue weighted by Crippen LogP contribution is -2.16. The van der Waals surface area contributed by atoms with E-state index in [1.807, 2.05) is 6.92 Å². The number of ether oxygens (including phenoxy) is 1. The molecule has 0 saturated heterocycles. The van der Waals surface area contributed by atoms with Gasteiger partial charge in [-0.3, -0.25) is 4.57 Å². The largest absolute Gasteiger partial charge is 0.465 e. The van der Waals surface area contributed by atoms with Crippen LogP contribution in [0.5, 0.6) is 0 Å². The molecule has 2 aromatic rings. The summed E-state index contributed by atoms with van der Waals surface area (Å²) in [7, 11) is 1.30. The average Bonchev–Trinajstić information content (AvgIpc) is 2.64. The number of aryl methyl sites for hydroxylation is 1. The van der Waals surface area contributed by atoms with Crippen molar-refractivity contribution in [2.45, 2.75) is 19.9 Å². The Morgan fingerprint density at radius 1 is 1.59 bits per heavy atom. The highest BCUT2D eigenvalue weighted by Gasteiger charge is 2.11. The summed E-state index contributed by atoms with van der Waals surface area (Å²) in [5, 5.41) is 0. The first-order chi connectivity index (χ1) is 8.17. The SMILES string of the molecule is CCCn1c(=O)[nH]c2cc(C(=O)OC)cnc21. The van der Waals surface area contributed by atoms with E-state index in [-0.39, 0.29) is 5.69 Å². The molecule has 0 unspecified atom stereocenters. The number of aromatic nitrogens is 3. The number of aromatic amines is 1. The summed E-state index contributed by atoms with van der Waals surface area (Å²) in [6.07, 6.45) is 2.25. The second kappa shape index (κ2) is 4.40. The number of fused-ring (bicyclic) bond motifs is 1. The van der Waals surface area contributed by atoms with Crippen LogP contribution in [0.4, 0.5) is 0 Å². The predicted octanol–water partition coefficient (Wildman–Crippen LogP) is 0.921. The van der Waals surface area contributed by atoms with Gasteiger partial charge in [0.25, 0.3) is 0 Å². The van der Waals surface area contributed by atoms with Crippen LogP contribution in [0.3, 0.4) is 0 Å². The first kappa shape index (κ1) is 11.4. The van der Waals surface area contributed by atoms with Crippen molar-refractivity contribution >= 4 is 17.1 Å². The van der Waals surface area contributed by atoms with Crippen molar-refractivity contribution in [2.24, 2.45) is 0 Å². The number of pyridine rings is 1. The van der Waals surface area contributed by atoms with Gasteiger partial charge in [0.1, 0.15) is 0 Å². The molecule has 1 N–H and O–H groups in total. The van der Waals surface area contributed by atoms with Crippen molar-refractivity contribution in [1.29, 1.82) is 0 Å². The molecule has 0 fully saturated rings. The fourth-order valence-corrected chi connectivity index (χ4v) is 1.70. The standard InChI is InChI=1S/C11H13N3O3/c1-3-4-14-9-8(13-11(14)16)5-7(6-12-9)10(15)17-2/h5-6H,3-4H2,1-2H3,(H,13,16). The molecule has 0 saturated carbocycles. The number of hydrogen-bond acceptors (Lipinski definition) is 4. The van der Waals surface area contributed by atoms with Crippen molar-refractivity contribution in [2.75, 3.05) is 7.11 Å². The molecule has 0 atom stereocenters. The van der Waals surface area contributed by atoms with E-state index >= 15 is 0 Å². The Hall–Kier alpha value is -2.11. The van der Waals surface area contributed by atoms with Crippen LogP contribution in [0.25, 0.3) is 11.2 Å². The van der Waals surface area contributed by atoms with E-state index in [0.29, 0.717) is 23.3 Å². The number of esters is 1. The second-order valence-corrected chi connectivity index (χ2v) is 3.67. The molecule has 0 aliphatic carbocycles. The van der Waals surface area contributed by atoms with Gasteiger partial charge < -0.3 is 9.72 Å². The summed E-state index contributed by atoms with van der Waals surface area (Å²) >= 11 is 0. The van der Waals surface area contributed by atoms with E-state index in [2.05, 4.69) is 14.7 Å². The van der Waals surface area contributed by atoms with Gasteiger partial charge in [0.05, 0.1) is 18.2 Å². The van der Waals surface area contributed by atoms with E-state index in [0.717, 1.165) is 6.42 Å². The molecule has 0 aliphatic rings. The summed E-state index contributed by atoms with van der Waals surface area (Å²) in [6, 6.07) is 1.57. The fourth-order valence-electron chi connectivity index (χ4n) is 1.70. The molecule has 0 bridgehead atoms. The number of carbonyl (C=O) groups is 1. The Kier molecular flexibility index (Phi) is 2.95. The first-order valence-electron chi connectivity index (χ1n) is 5.34. The van der Waals surface area contributed by atoms with Gasteiger partial charge in [-0.25, -0.2) is 14.6 Å². The Balaban J connectivity index is 2.57. The smallest absolute Gasteiger partial charge is 0.339 e. The van der Waals surface area contributed by atoms with E-state index in [9.17, 15) is 9.59 Å². The molecule has 0 aliphatic heterocycles. The van der Waals surface area contributed by atoms with Crippen LogP contribution in [-0.2, 0) is 11.3 Å². The van der Waals surface area contributed by atoms with E-state index in [1.165, 1.54) is 13.3 Å². The second-order valence-electron chi connectivity index (χ2n) is 3.67. The number of rotatable bonds is 3. The molecule has 0 amide bonds. The zero-order valence-corrected chi connectivity index (χ0v) is 9.69. The molecular weight excluding hydrogens is 222 g/mol. The lowest BCUT2D eigenvalue weighted by molar-refractivity contribution is 0.0600. The number of nitrogens with zero attached hydrogens (tertiary/aromatic N) is 2. The molecule has 0 radical (unpaired) electrons. The monoisotopic (exact) mass is 235 g/mol. The van der Waals surface area contributed by atoms with E-state index in [4.69, 9.17) is 0 Å². The maximum atomic E-state index is 11.6. The predicted molar refractivity (Wildman–Crippen MR) is 62.0 cm³/mol. The Bertz CT molecular complexity index is 612. The fraction of sp³-hybridized carbons (Fsp3) is 0.364. The number of carbonyl (C=O) groups excluding carboxylic acids is 1.